The van der Waals surface area contributed by atoms with E-state index in [0.29, 0.717) is 6.42 Å². The fourth-order valence-corrected chi connectivity index (χ4v) is 3.25. The van der Waals surface area contributed by atoms with E-state index in [1.54, 1.807) is 0 Å². The van der Waals surface area contributed by atoms with E-state index < -0.39 is 0 Å². The molecule has 1 nitrogen and oxygen atoms in total. The van der Waals surface area contributed by atoms with Gasteiger partial charge in [0.25, 0.3) is 0 Å². The van der Waals surface area contributed by atoms with Crippen molar-refractivity contribution in [3.63, 3.8) is 0 Å². The van der Waals surface area contributed by atoms with Gasteiger partial charge in [-0.2, -0.15) is 0 Å². The van der Waals surface area contributed by atoms with E-state index in [2.05, 4.69) is 52.4 Å². The van der Waals surface area contributed by atoms with Crippen molar-refractivity contribution in [3.8, 4) is 0 Å². The molecule has 4 heteroatoms. The Balaban J connectivity index is 2.15. The Bertz CT molecular complexity index is 586. The van der Waals surface area contributed by atoms with Crippen molar-refractivity contribution in [2.24, 2.45) is 0 Å². The van der Waals surface area contributed by atoms with Crippen LogP contribution in [0.4, 0.5) is 4.39 Å². The Labute approximate surface area is 138 Å². The Hall–Kier alpha value is -0.840. The maximum absolute atomic E-state index is 14.0. The van der Waals surface area contributed by atoms with Crippen LogP contribution in [-0.4, -0.2) is 12.8 Å². The summed E-state index contributed by atoms with van der Waals surface area (Å²) < 4.78 is 14.7. The smallest absolute Gasteiger partial charge is 0.127 e. The minimum Gasteiger partial charge on any atom is -0.313 e. The molecule has 2 rings (SSSR count). The topological polar surface area (TPSA) is 12.0 Å². The van der Waals surface area contributed by atoms with Crippen molar-refractivity contribution in [2.75, 3.05) is 12.8 Å². The number of thioether (sulfide) groups is 1. The zero-order valence-electron chi connectivity index (χ0n) is 12.2. The molecule has 0 spiro atoms. The molecule has 21 heavy (non-hydrogen) atoms. The van der Waals surface area contributed by atoms with Crippen molar-refractivity contribution in [3.05, 3.63) is 63.9 Å². The predicted octanol–water partition coefficient (Wildman–Crippen LogP) is 5.20. The molecular weight excluding hydrogens is 349 g/mol. The summed E-state index contributed by atoms with van der Waals surface area (Å²) in [5.41, 5.74) is 1.91. The first-order chi connectivity index (χ1) is 10.1. The summed E-state index contributed by atoms with van der Waals surface area (Å²) in [6.45, 7) is 2.14. The monoisotopic (exact) mass is 367 g/mol. The summed E-state index contributed by atoms with van der Waals surface area (Å²) in [7, 11) is 1.91. The predicted molar refractivity (Wildman–Crippen MR) is 92.4 cm³/mol. The van der Waals surface area contributed by atoms with Gasteiger partial charge in [-0.15, -0.1) is 11.8 Å². The van der Waals surface area contributed by atoms with E-state index in [1.165, 1.54) is 16.5 Å². The quantitative estimate of drug-likeness (QED) is 0.703. The van der Waals surface area contributed by atoms with Crippen LogP contribution in [-0.2, 0) is 6.42 Å². The Morgan fingerprint density at radius 3 is 2.48 bits per heavy atom. The number of benzene rings is 2. The highest BCUT2D eigenvalue weighted by atomic mass is 79.9. The molecule has 2 aromatic carbocycles. The van der Waals surface area contributed by atoms with Gasteiger partial charge < -0.3 is 5.32 Å². The first-order valence-corrected chi connectivity index (χ1v) is 8.76. The number of hydrogen-bond acceptors (Lipinski definition) is 2. The summed E-state index contributed by atoms with van der Waals surface area (Å²) >= 11 is 5.11. The lowest BCUT2D eigenvalue weighted by molar-refractivity contribution is 0.554. The standard InChI is InChI=1S/C17H19BrFNS/c1-3-21-15-8-5-12(6-9-15)17(20-2)10-13-4-7-14(18)11-16(13)19/h4-9,11,17,20H,3,10H2,1-2H3. The molecule has 0 aliphatic heterocycles. The number of halogens is 2. The van der Waals surface area contributed by atoms with Crippen LogP contribution in [0.15, 0.2) is 51.8 Å². The molecule has 2 aromatic rings. The van der Waals surface area contributed by atoms with Gasteiger partial charge in [-0.1, -0.05) is 41.1 Å². The van der Waals surface area contributed by atoms with Crippen LogP contribution >= 0.6 is 27.7 Å². The summed E-state index contributed by atoms with van der Waals surface area (Å²) in [5.74, 6) is 0.904. The Kier molecular flexibility index (Phi) is 6.27. The first kappa shape index (κ1) is 16.5. The third kappa shape index (κ3) is 4.56. The van der Waals surface area contributed by atoms with Gasteiger partial charge in [-0.3, -0.25) is 0 Å². The molecule has 0 heterocycles. The second-order valence-electron chi connectivity index (χ2n) is 4.78. The SMILES string of the molecule is CCSc1ccc(C(Cc2ccc(Br)cc2F)NC)cc1. The van der Waals surface area contributed by atoms with Crippen molar-refractivity contribution in [1.29, 1.82) is 0 Å². The normalized spacial score (nSPS) is 12.4. The van der Waals surface area contributed by atoms with E-state index in [4.69, 9.17) is 0 Å². The molecule has 0 fully saturated rings. The summed E-state index contributed by atoms with van der Waals surface area (Å²) in [6, 6.07) is 13.9. The third-order valence-corrected chi connectivity index (χ3v) is 4.77. The zero-order chi connectivity index (χ0) is 15.2. The highest BCUT2D eigenvalue weighted by Gasteiger charge is 2.13. The summed E-state index contributed by atoms with van der Waals surface area (Å²) in [5, 5.41) is 3.27. The third-order valence-electron chi connectivity index (χ3n) is 3.38. The fraction of sp³-hybridized carbons (Fsp3) is 0.294. The zero-order valence-corrected chi connectivity index (χ0v) is 14.6. The second-order valence-corrected chi connectivity index (χ2v) is 7.04. The highest BCUT2D eigenvalue weighted by molar-refractivity contribution is 9.10. The molecule has 0 amide bonds. The molecule has 0 bridgehead atoms. The van der Waals surface area contributed by atoms with Crippen molar-refractivity contribution < 1.29 is 4.39 Å². The lowest BCUT2D eigenvalue weighted by atomic mass is 9.99. The van der Waals surface area contributed by atoms with E-state index in [0.717, 1.165) is 15.8 Å². The van der Waals surface area contributed by atoms with Crippen LogP contribution in [0.5, 0.6) is 0 Å². The van der Waals surface area contributed by atoms with Gasteiger partial charge in [-0.25, -0.2) is 4.39 Å². The maximum Gasteiger partial charge on any atom is 0.127 e. The lowest BCUT2D eigenvalue weighted by Crippen LogP contribution is -2.19. The number of rotatable bonds is 6. The van der Waals surface area contributed by atoms with Gasteiger partial charge in [0, 0.05) is 15.4 Å². The van der Waals surface area contributed by atoms with E-state index >= 15 is 0 Å². The van der Waals surface area contributed by atoms with Crippen LogP contribution in [0.25, 0.3) is 0 Å². The highest BCUT2D eigenvalue weighted by Crippen LogP contribution is 2.24. The average Bonchev–Trinajstić information content (AvgIpc) is 2.48. The minimum atomic E-state index is -0.164. The molecule has 0 saturated carbocycles. The molecule has 0 aliphatic carbocycles. The number of hydrogen-bond donors (Lipinski definition) is 1. The van der Waals surface area contributed by atoms with Crippen molar-refractivity contribution in [2.45, 2.75) is 24.3 Å². The number of nitrogens with one attached hydrogen (secondary N) is 1. The van der Waals surface area contributed by atoms with Gasteiger partial charge >= 0.3 is 0 Å². The van der Waals surface area contributed by atoms with Crippen LogP contribution in [0, 0.1) is 5.82 Å². The maximum atomic E-state index is 14.0. The molecule has 1 N–H and O–H groups in total. The molecular formula is C17H19BrFNS. The average molecular weight is 368 g/mol. The van der Waals surface area contributed by atoms with Crippen LogP contribution in [0.1, 0.15) is 24.1 Å². The van der Waals surface area contributed by atoms with Gasteiger partial charge in [0.2, 0.25) is 0 Å². The van der Waals surface area contributed by atoms with Gasteiger partial charge in [0.15, 0.2) is 0 Å². The number of likely N-dealkylation sites (N-methyl/N-ethyl adjacent to an activating group) is 1. The first-order valence-electron chi connectivity index (χ1n) is 6.98. The molecule has 112 valence electrons. The van der Waals surface area contributed by atoms with Crippen molar-refractivity contribution in [1.82, 2.24) is 5.32 Å². The van der Waals surface area contributed by atoms with Crippen LogP contribution in [0.3, 0.4) is 0 Å². The van der Waals surface area contributed by atoms with Crippen molar-refractivity contribution >= 4 is 27.7 Å². The Morgan fingerprint density at radius 2 is 1.90 bits per heavy atom. The van der Waals surface area contributed by atoms with E-state index in [-0.39, 0.29) is 11.9 Å². The van der Waals surface area contributed by atoms with E-state index in [9.17, 15) is 4.39 Å². The molecule has 1 atom stereocenters. The summed E-state index contributed by atoms with van der Waals surface area (Å²) in [6.07, 6.45) is 0.635. The largest absolute Gasteiger partial charge is 0.313 e. The van der Waals surface area contributed by atoms with Gasteiger partial charge in [-0.05, 0) is 54.6 Å². The molecule has 1 unspecified atom stereocenters. The van der Waals surface area contributed by atoms with Crippen LogP contribution in [0.2, 0.25) is 0 Å². The fourth-order valence-electron chi connectivity index (χ4n) is 2.26. The molecule has 0 aliphatic rings. The summed E-state index contributed by atoms with van der Waals surface area (Å²) in [4.78, 5) is 1.27. The Morgan fingerprint density at radius 1 is 1.19 bits per heavy atom. The van der Waals surface area contributed by atoms with Crippen LogP contribution < -0.4 is 5.32 Å². The lowest BCUT2D eigenvalue weighted by Gasteiger charge is -2.17. The molecule has 0 aromatic heterocycles. The second kappa shape index (κ2) is 7.97. The van der Waals surface area contributed by atoms with Gasteiger partial charge in [0.05, 0.1) is 0 Å². The minimum absolute atomic E-state index is 0.112. The van der Waals surface area contributed by atoms with E-state index in [1.807, 2.05) is 30.9 Å². The molecule has 0 saturated heterocycles. The van der Waals surface area contributed by atoms with Gasteiger partial charge in [0.1, 0.15) is 5.82 Å². The molecule has 0 radical (unpaired) electrons.